The first-order valence-electron chi connectivity index (χ1n) is 4.19. The van der Waals surface area contributed by atoms with Crippen LogP contribution in [-0.2, 0) is 5.92 Å². The molecule has 0 aliphatic rings. The van der Waals surface area contributed by atoms with Gasteiger partial charge in [-0.05, 0) is 18.2 Å². The highest BCUT2D eigenvalue weighted by Crippen LogP contribution is 2.38. The van der Waals surface area contributed by atoms with Gasteiger partial charge in [0.05, 0.1) is 5.56 Å². The molecule has 0 unspecified atom stereocenters. The molecule has 0 aliphatic carbocycles. The molecule has 78 valence electrons. The Morgan fingerprint density at radius 3 is 2.36 bits per heavy atom. The molecule has 0 aliphatic heterocycles. The van der Waals surface area contributed by atoms with E-state index in [0.717, 1.165) is 12.1 Å². The van der Waals surface area contributed by atoms with Crippen LogP contribution in [0.4, 0.5) is 13.2 Å². The zero-order valence-corrected chi connectivity index (χ0v) is 9.41. The Kier molecular flexibility index (Phi) is 3.24. The molecule has 0 aromatic heterocycles. The van der Waals surface area contributed by atoms with Crippen molar-refractivity contribution in [3.63, 3.8) is 0 Å². The van der Waals surface area contributed by atoms with Crippen LogP contribution in [0.25, 0.3) is 0 Å². The van der Waals surface area contributed by atoms with E-state index >= 15 is 0 Å². The third-order valence-electron chi connectivity index (χ3n) is 2.01. The fraction of sp³-hybridized carbons (Fsp3) is 0.400. The maximum atomic E-state index is 13.5. The van der Waals surface area contributed by atoms with Crippen molar-refractivity contribution in [2.75, 3.05) is 0 Å². The average molecular weight is 267 g/mol. The van der Waals surface area contributed by atoms with Crippen LogP contribution in [0.3, 0.4) is 0 Å². The van der Waals surface area contributed by atoms with E-state index in [9.17, 15) is 13.2 Å². The quantitative estimate of drug-likeness (QED) is 0.747. The molecule has 0 heterocycles. The van der Waals surface area contributed by atoms with Crippen molar-refractivity contribution < 1.29 is 13.2 Å². The van der Waals surface area contributed by atoms with Gasteiger partial charge in [0.2, 0.25) is 0 Å². The second kappa shape index (κ2) is 3.93. The van der Waals surface area contributed by atoms with Gasteiger partial charge in [-0.1, -0.05) is 29.8 Å². The predicted octanol–water partition coefficient (Wildman–Crippen LogP) is 4.34. The highest BCUT2D eigenvalue weighted by molar-refractivity contribution is 9.10. The highest BCUT2D eigenvalue weighted by atomic mass is 79.9. The smallest absolute Gasteiger partial charge is 0.206 e. The fourth-order valence-corrected chi connectivity index (χ4v) is 1.43. The lowest BCUT2D eigenvalue weighted by molar-refractivity contribution is -0.0544. The van der Waals surface area contributed by atoms with Crippen LogP contribution in [0.2, 0.25) is 0 Å². The molecule has 0 saturated carbocycles. The Hall–Kier alpha value is -0.510. The van der Waals surface area contributed by atoms with E-state index < -0.39 is 23.2 Å². The zero-order valence-electron chi connectivity index (χ0n) is 7.82. The summed E-state index contributed by atoms with van der Waals surface area (Å²) in [5.74, 6) is -4.92. The van der Waals surface area contributed by atoms with E-state index in [1.165, 1.54) is 19.9 Å². The fourth-order valence-electron chi connectivity index (χ4n) is 1.06. The number of alkyl halides is 2. The molecule has 0 N–H and O–H groups in total. The molecular weight excluding hydrogens is 257 g/mol. The van der Waals surface area contributed by atoms with Crippen molar-refractivity contribution in [3.05, 3.63) is 34.1 Å². The minimum atomic E-state index is -3.13. The van der Waals surface area contributed by atoms with Crippen molar-refractivity contribution in [3.8, 4) is 0 Å². The van der Waals surface area contributed by atoms with Crippen LogP contribution in [0.5, 0.6) is 0 Å². The van der Waals surface area contributed by atoms with Crippen LogP contribution in [0, 0.1) is 11.7 Å². The van der Waals surface area contributed by atoms with E-state index in [4.69, 9.17) is 0 Å². The summed E-state index contributed by atoms with van der Waals surface area (Å²) in [6.07, 6.45) is 0. The lowest BCUT2D eigenvalue weighted by Crippen LogP contribution is -2.22. The Morgan fingerprint density at radius 1 is 1.29 bits per heavy atom. The molecule has 0 fully saturated rings. The number of hydrogen-bond acceptors (Lipinski definition) is 0. The van der Waals surface area contributed by atoms with Crippen molar-refractivity contribution in [1.29, 1.82) is 0 Å². The molecule has 0 radical (unpaired) electrons. The van der Waals surface area contributed by atoms with Gasteiger partial charge in [0.1, 0.15) is 5.82 Å². The summed E-state index contributed by atoms with van der Waals surface area (Å²) in [6.45, 7) is 2.72. The van der Waals surface area contributed by atoms with Gasteiger partial charge in [0.25, 0.3) is 5.92 Å². The van der Waals surface area contributed by atoms with E-state index in [-0.39, 0.29) is 0 Å². The lowest BCUT2D eigenvalue weighted by atomic mass is 9.97. The Labute approximate surface area is 89.3 Å². The summed E-state index contributed by atoms with van der Waals surface area (Å²) >= 11 is 3.04. The molecule has 14 heavy (non-hydrogen) atoms. The van der Waals surface area contributed by atoms with Crippen LogP contribution >= 0.6 is 15.9 Å². The second-order valence-electron chi connectivity index (χ2n) is 3.40. The number of rotatable bonds is 2. The summed E-state index contributed by atoms with van der Waals surface area (Å²) in [5.41, 5.74) is -0.554. The molecule has 0 saturated heterocycles. The van der Waals surface area contributed by atoms with Gasteiger partial charge in [0, 0.05) is 10.4 Å². The van der Waals surface area contributed by atoms with Gasteiger partial charge in [-0.2, -0.15) is 0 Å². The van der Waals surface area contributed by atoms with Gasteiger partial charge in [-0.25, -0.2) is 13.2 Å². The number of hydrogen-bond donors (Lipinski definition) is 0. The van der Waals surface area contributed by atoms with Crippen LogP contribution in [0.15, 0.2) is 22.7 Å². The maximum absolute atomic E-state index is 13.5. The van der Waals surface area contributed by atoms with Crippen molar-refractivity contribution in [1.82, 2.24) is 0 Å². The predicted molar refractivity (Wildman–Crippen MR) is 52.8 cm³/mol. The minimum absolute atomic E-state index is 0.453. The highest BCUT2D eigenvalue weighted by Gasteiger charge is 2.38. The molecule has 0 atom stereocenters. The summed E-state index contributed by atoms with van der Waals surface area (Å²) in [7, 11) is 0. The summed E-state index contributed by atoms with van der Waals surface area (Å²) < 4.78 is 40.5. The first kappa shape index (κ1) is 11.6. The van der Waals surface area contributed by atoms with Crippen molar-refractivity contribution in [2.45, 2.75) is 19.8 Å². The first-order chi connectivity index (χ1) is 6.35. The Bertz CT molecular complexity index is 334. The van der Waals surface area contributed by atoms with E-state index in [0.29, 0.717) is 4.47 Å². The third kappa shape index (κ3) is 2.11. The SMILES string of the molecule is CC(C)C(F)(F)c1cc(Br)ccc1F. The molecule has 4 heteroatoms. The first-order valence-corrected chi connectivity index (χ1v) is 4.98. The minimum Gasteiger partial charge on any atom is -0.206 e. The molecule has 0 spiro atoms. The van der Waals surface area contributed by atoms with Gasteiger partial charge in [-0.3, -0.25) is 0 Å². The second-order valence-corrected chi connectivity index (χ2v) is 4.32. The van der Waals surface area contributed by atoms with Crippen LogP contribution in [0.1, 0.15) is 19.4 Å². The summed E-state index contributed by atoms with van der Waals surface area (Å²) in [5, 5.41) is 0. The topological polar surface area (TPSA) is 0 Å². The average Bonchev–Trinajstić information content (AvgIpc) is 2.08. The van der Waals surface area contributed by atoms with Gasteiger partial charge in [-0.15, -0.1) is 0 Å². The molecular formula is C10H10BrF3. The number of halogens is 4. The largest absolute Gasteiger partial charge is 0.278 e. The van der Waals surface area contributed by atoms with E-state index in [1.54, 1.807) is 0 Å². The maximum Gasteiger partial charge on any atom is 0.278 e. The van der Waals surface area contributed by atoms with Crippen molar-refractivity contribution in [2.24, 2.45) is 5.92 Å². The molecule has 0 nitrogen and oxygen atoms in total. The standard InChI is InChI=1S/C10H10BrF3/c1-6(2)10(13,14)8-5-7(11)3-4-9(8)12/h3-6H,1-2H3. The van der Waals surface area contributed by atoms with Crippen molar-refractivity contribution >= 4 is 15.9 Å². The third-order valence-corrected chi connectivity index (χ3v) is 2.51. The van der Waals surface area contributed by atoms with E-state index in [2.05, 4.69) is 15.9 Å². The molecule has 0 amide bonds. The molecule has 1 aromatic carbocycles. The normalized spacial score (nSPS) is 12.2. The summed E-state index contributed by atoms with van der Waals surface area (Å²) in [6, 6.07) is 3.56. The Morgan fingerprint density at radius 2 is 1.86 bits per heavy atom. The summed E-state index contributed by atoms with van der Waals surface area (Å²) in [4.78, 5) is 0. The molecule has 0 bridgehead atoms. The lowest BCUT2D eigenvalue weighted by Gasteiger charge is -2.21. The van der Waals surface area contributed by atoms with Gasteiger partial charge in [0.15, 0.2) is 0 Å². The Balaban J connectivity index is 3.24. The monoisotopic (exact) mass is 266 g/mol. The molecule has 1 rings (SSSR count). The van der Waals surface area contributed by atoms with E-state index in [1.807, 2.05) is 0 Å². The van der Waals surface area contributed by atoms with Gasteiger partial charge >= 0.3 is 0 Å². The van der Waals surface area contributed by atoms with Crippen LogP contribution in [-0.4, -0.2) is 0 Å². The van der Waals surface area contributed by atoms with Gasteiger partial charge < -0.3 is 0 Å². The number of benzene rings is 1. The molecule has 1 aromatic rings. The van der Waals surface area contributed by atoms with Crippen LogP contribution < -0.4 is 0 Å². The zero-order chi connectivity index (χ0) is 10.9.